The Morgan fingerprint density at radius 2 is 2.04 bits per heavy atom. The van der Waals surface area contributed by atoms with Crippen molar-refractivity contribution in [1.29, 1.82) is 0 Å². The van der Waals surface area contributed by atoms with E-state index in [9.17, 15) is 4.79 Å². The van der Waals surface area contributed by atoms with Crippen LogP contribution < -0.4 is 9.88 Å². The van der Waals surface area contributed by atoms with E-state index in [0.717, 1.165) is 27.4 Å². The van der Waals surface area contributed by atoms with Gasteiger partial charge in [-0.25, -0.2) is 14.5 Å². The minimum atomic E-state index is -0.0873. The number of H-pyrrole nitrogens is 1. The van der Waals surface area contributed by atoms with Crippen LogP contribution in [0.1, 0.15) is 0 Å². The number of thioether (sulfide) groups is 1. The number of halogens is 1. The van der Waals surface area contributed by atoms with Crippen LogP contribution in [0, 0.1) is 0 Å². The molecule has 2 aromatic carbocycles. The Bertz CT molecular complexity index is 1100. The number of aromatic nitrogens is 3. The molecule has 2 aromatic heterocycles. The summed E-state index contributed by atoms with van der Waals surface area (Å²) in [7, 11) is 1.98. The number of hydrogen-bond donors (Lipinski definition) is 2. The van der Waals surface area contributed by atoms with E-state index in [2.05, 4.69) is 19.9 Å². The monoisotopic (exact) mass is 415 g/mol. The number of aryl methyl sites for hydroxylation is 1. The molecular weight excluding hydrogens is 400 g/mol. The van der Waals surface area contributed by atoms with Gasteiger partial charge in [-0.2, -0.15) is 0 Å². The predicted molar refractivity (Wildman–Crippen MR) is 111 cm³/mol. The number of rotatable bonds is 5. The number of benzene rings is 2. The van der Waals surface area contributed by atoms with Crippen molar-refractivity contribution in [2.75, 3.05) is 11.1 Å². The second-order valence-electron chi connectivity index (χ2n) is 5.89. The fourth-order valence-corrected chi connectivity index (χ4v) is 4.36. The van der Waals surface area contributed by atoms with Gasteiger partial charge in [0.2, 0.25) is 5.91 Å². The van der Waals surface area contributed by atoms with Gasteiger partial charge in [0.25, 0.3) is 0 Å². The molecular formula is C19H16ClN4OS2+. The van der Waals surface area contributed by atoms with Gasteiger partial charge in [0, 0.05) is 16.0 Å². The molecule has 4 aromatic rings. The van der Waals surface area contributed by atoms with Gasteiger partial charge >= 0.3 is 5.16 Å². The standard InChI is InChI=1S/C19H15ClN4OS2/c1-24-16-5-3-2-4-14(16)22-19(24)27-11-17(25)23-18-21-15(10-26-18)12-6-8-13(20)9-7-12/h2-10H,11H2,1H3,(H,21,23,25)/p+1. The number of para-hydroxylation sites is 2. The highest BCUT2D eigenvalue weighted by atomic mass is 35.5. The minimum Gasteiger partial charge on any atom is -0.301 e. The van der Waals surface area contributed by atoms with Gasteiger partial charge in [-0.05, 0) is 36.0 Å². The Kier molecular flexibility index (Phi) is 5.15. The number of nitrogens with zero attached hydrogens (tertiary/aromatic N) is 2. The topological polar surface area (TPSA) is 61.7 Å². The predicted octanol–water partition coefficient (Wildman–Crippen LogP) is 4.50. The van der Waals surface area contributed by atoms with E-state index in [4.69, 9.17) is 11.6 Å². The lowest BCUT2D eigenvalue weighted by Gasteiger charge is -2.00. The Balaban J connectivity index is 1.39. The van der Waals surface area contributed by atoms with Crippen LogP contribution in [0.3, 0.4) is 0 Å². The zero-order valence-electron chi connectivity index (χ0n) is 14.4. The first kappa shape index (κ1) is 18.0. The molecule has 27 heavy (non-hydrogen) atoms. The number of amides is 1. The van der Waals surface area contributed by atoms with Crippen LogP contribution in [0.2, 0.25) is 5.02 Å². The van der Waals surface area contributed by atoms with E-state index in [1.807, 2.05) is 61.0 Å². The van der Waals surface area contributed by atoms with Crippen LogP contribution in [-0.4, -0.2) is 21.6 Å². The summed E-state index contributed by atoms with van der Waals surface area (Å²) in [5.74, 6) is 0.215. The smallest absolute Gasteiger partial charge is 0.301 e. The second-order valence-corrected chi connectivity index (χ2v) is 8.15. The maximum absolute atomic E-state index is 12.3. The van der Waals surface area contributed by atoms with Crippen LogP contribution in [0.25, 0.3) is 22.3 Å². The van der Waals surface area contributed by atoms with Crippen molar-refractivity contribution in [3.05, 3.63) is 58.9 Å². The molecule has 1 amide bonds. The highest BCUT2D eigenvalue weighted by Gasteiger charge is 2.17. The van der Waals surface area contributed by atoms with Gasteiger partial charge in [0.05, 0.1) is 18.5 Å². The Hall–Kier alpha value is -2.35. The summed E-state index contributed by atoms with van der Waals surface area (Å²) in [5, 5.41) is 7.00. The first-order chi connectivity index (χ1) is 13.1. The van der Waals surface area contributed by atoms with E-state index in [1.54, 1.807) is 0 Å². The number of nitrogens with one attached hydrogen (secondary N) is 2. The van der Waals surface area contributed by atoms with Crippen LogP contribution in [0.5, 0.6) is 0 Å². The molecule has 4 rings (SSSR count). The van der Waals surface area contributed by atoms with Crippen molar-refractivity contribution in [1.82, 2.24) is 9.97 Å². The molecule has 0 fully saturated rings. The molecule has 2 heterocycles. The third-order valence-corrected chi connectivity index (χ3v) is 6.11. The van der Waals surface area contributed by atoms with Gasteiger partial charge in [0.1, 0.15) is 0 Å². The van der Waals surface area contributed by atoms with Crippen LogP contribution in [0.4, 0.5) is 5.13 Å². The summed E-state index contributed by atoms with van der Waals surface area (Å²) < 4.78 is 2.05. The lowest BCUT2D eigenvalue weighted by atomic mass is 10.2. The Morgan fingerprint density at radius 3 is 2.81 bits per heavy atom. The summed E-state index contributed by atoms with van der Waals surface area (Å²) in [5.41, 5.74) is 3.95. The zero-order chi connectivity index (χ0) is 18.8. The van der Waals surface area contributed by atoms with E-state index in [-0.39, 0.29) is 5.91 Å². The quantitative estimate of drug-likeness (QED) is 0.372. The number of anilines is 1. The average Bonchev–Trinajstić information content (AvgIpc) is 3.26. The number of carbonyl (C=O) groups excluding carboxylic acids is 1. The lowest BCUT2D eigenvalue weighted by Crippen LogP contribution is -2.29. The molecule has 0 aliphatic rings. The van der Waals surface area contributed by atoms with Gasteiger partial charge in [-0.15, -0.1) is 11.3 Å². The van der Waals surface area contributed by atoms with Crippen LogP contribution in [0.15, 0.2) is 59.1 Å². The molecule has 0 unspecified atom stereocenters. The number of imidazole rings is 1. The summed E-state index contributed by atoms with van der Waals surface area (Å²) >= 11 is 8.78. The Morgan fingerprint density at radius 1 is 1.26 bits per heavy atom. The van der Waals surface area contributed by atoms with E-state index in [1.165, 1.54) is 23.1 Å². The highest BCUT2D eigenvalue weighted by Crippen LogP contribution is 2.26. The van der Waals surface area contributed by atoms with E-state index in [0.29, 0.717) is 15.9 Å². The fraction of sp³-hybridized carbons (Fsp3) is 0.105. The number of thiazole rings is 1. The van der Waals surface area contributed by atoms with Crippen molar-refractivity contribution in [2.24, 2.45) is 7.05 Å². The summed E-state index contributed by atoms with van der Waals surface area (Å²) in [6.45, 7) is 0. The third-order valence-electron chi connectivity index (χ3n) is 4.04. The summed E-state index contributed by atoms with van der Waals surface area (Å²) in [6, 6.07) is 15.5. The maximum atomic E-state index is 12.3. The molecule has 2 N–H and O–H groups in total. The molecule has 0 aliphatic carbocycles. The van der Waals surface area contributed by atoms with Crippen molar-refractivity contribution in [2.45, 2.75) is 5.16 Å². The van der Waals surface area contributed by atoms with Gasteiger partial charge < -0.3 is 5.32 Å². The van der Waals surface area contributed by atoms with Gasteiger partial charge in [-0.3, -0.25) is 4.79 Å². The van der Waals surface area contributed by atoms with Gasteiger partial charge in [0.15, 0.2) is 16.2 Å². The summed E-state index contributed by atoms with van der Waals surface area (Å²) in [4.78, 5) is 20.1. The van der Waals surface area contributed by atoms with Crippen LogP contribution in [-0.2, 0) is 11.8 Å². The molecule has 136 valence electrons. The number of hydrogen-bond acceptors (Lipinski definition) is 4. The molecule has 8 heteroatoms. The third kappa shape index (κ3) is 4.00. The first-order valence-corrected chi connectivity index (χ1v) is 10.5. The molecule has 0 saturated carbocycles. The minimum absolute atomic E-state index is 0.0873. The molecule has 0 saturated heterocycles. The number of aromatic amines is 1. The van der Waals surface area contributed by atoms with E-state index < -0.39 is 0 Å². The summed E-state index contributed by atoms with van der Waals surface area (Å²) in [6.07, 6.45) is 0. The van der Waals surface area contributed by atoms with Crippen molar-refractivity contribution in [3.63, 3.8) is 0 Å². The normalized spacial score (nSPS) is 11.0. The number of fused-ring (bicyclic) bond motifs is 1. The lowest BCUT2D eigenvalue weighted by molar-refractivity contribution is -0.683. The van der Waals surface area contributed by atoms with Gasteiger partial charge in [-0.1, -0.05) is 35.9 Å². The molecule has 0 bridgehead atoms. The highest BCUT2D eigenvalue weighted by molar-refractivity contribution is 7.99. The van der Waals surface area contributed by atoms with E-state index >= 15 is 0 Å². The van der Waals surface area contributed by atoms with Crippen LogP contribution >= 0.6 is 34.7 Å². The molecule has 5 nitrogen and oxygen atoms in total. The van der Waals surface area contributed by atoms with Crippen molar-refractivity contribution < 1.29 is 9.36 Å². The first-order valence-electron chi connectivity index (χ1n) is 8.21. The van der Waals surface area contributed by atoms with Crippen molar-refractivity contribution in [3.8, 4) is 11.3 Å². The molecule has 0 aliphatic heterocycles. The Labute approximate surface area is 169 Å². The largest absolute Gasteiger partial charge is 0.317 e. The SMILES string of the molecule is C[n+]1c(SCC(=O)Nc2nc(-c3ccc(Cl)cc3)cs2)[nH]c2ccccc21. The molecule has 0 spiro atoms. The molecule has 0 atom stereocenters. The average molecular weight is 416 g/mol. The molecule has 0 radical (unpaired) electrons. The second kappa shape index (κ2) is 7.72. The fourth-order valence-electron chi connectivity index (χ4n) is 2.69. The van der Waals surface area contributed by atoms with Crippen molar-refractivity contribution >= 4 is 56.8 Å². The maximum Gasteiger partial charge on any atom is 0.317 e. The zero-order valence-corrected chi connectivity index (χ0v) is 16.8. The number of carbonyl (C=O) groups is 1.